The number of benzene rings is 1. The second-order valence-corrected chi connectivity index (χ2v) is 7.55. The molecule has 1 aromatic carbocycles. The minimum Gasteiger partial charge on any atom is -0.349 e. The Labute approximate surface area is 142 Å². The fourth-order valence-electron chi connectivity index (χ4n) is 3.38. The Morgan fingerprint density at radius 2 is 1.65 bits per heavy atom. The van der Waals surface area contributed by atoms with Crippen LogP contribution in [0.4, 0.5) is 0 Å². The van der Waals surface area contributed by atoms with Crippen LogP contribution < -0.4 is 5.32 Å². The number of carbonyl (C=O) groups excluding carboxylic acids is 2. The van der Waals surface area contributed by atoms with Crippen molar-refractivity contribution in [3.8, 4) is 0 Å². The predicted molar refractivity (Wildman–Crippen MR) is 93.6 cm³/mol. The summed E-state index contributed by atoms with van der Waals surface area (Å²) in [4.78, 5) is 26.8. The van der Waals surface area contributed by atoms with E-state index < -0.39 is 0 Å². The summed E-state index contributed by atoms with van der Waals surface area (Å²) < 4.78 is 0. The molecule has 1 aliphatic carbocycles. The van der Waals surface area contributed by atoms with Crippen LogP contribution in [0.1, 0.15) is 36.0 Å². The van der Waals surface area contributed by atoms with E-state index >= 15 is 0 Å². The molecular weight excluding hydrogens is 308 g/mol. The quantitative estimate of drug-likeness (QED) is 0.925. The molecular formula is C18H24N2O2S. The lowest BCUT2D eigenvalue weighted by atomic mass is 9.85. The molecule has 0 radical (unpaired) electrons. The van der Waals surface area contributed by atoms with Gasteiger partial charge in [-0.25, -0.2) is 0 Å². The summed E-state index contributed by atoms with van der Waals surface area (Å²) in [6, 6.07) is 9.52. The van der Waals surface area contributed by atoms with E-state index in [2.05, 4.69) is 5.32 Å². The van der Waals surface area contributed by atoms with Gasteiger partial charge in [-0.2, -0.15) is 11.8 Å². The number of hydrogen-bond donors (Lipinski definition) is 1. The predicted octanol–water partition coefficient (Wildman–Crippen LogP) is 2.55. The number of thioether (sulfide) groups is 1. The summed E-state index contributed by atoms with van der Waals surface area (Å²) in [7, 11) is 0. The molecule has 0 bridgehead atoms. The van der Waals surface area contributed by atoms with Crippen molar-refractivity contribution in [1.82, 2.24) is 10.2 Å². The first-order chi connectivity index (χ1) is 11.2. The first-order valence-corrected chi connectivity index (χ1v) is 9.62. The van der Waals surface area contributed by atoms with Gasteiger partial charge < -0.3 is 10.2 Å². The molecule has 1 saturated heterocycles. The van der Waals surface area contributed by atoms with Crippen LogP contribution in [0.15, 0.2) is 30.3 Å². The van der Waals surface area contributed by atoms with E-state index in [0.717, 1.165) is 50.3 Å². The smallest absolute Gasteiger partial charge is 0.251 e. The summed E-state index contributed by atoms with van der Waals surface area (Å²) in [5.41, 5.74) is 0.705. The molecule has 3 rings (SSSR count). The first kappa shape index (κ1) is 16.4. The van der Waals surface area contributed by atoms with Crippen LogP contribution in [0.3, 0.4) is 0 Å². The molecule has 1 aliphatic heterocycles. The van der Waals surface area contributed by atoms with Crippen molar-refractivity contribution in [3.05, 3.63) is 35.9 Å². The lowest BCUT2D eigenvalue weighted by Crippen LogP contribution is -2.44. The number of carbonyl (C=O) groups is 2. The molecule has 4 nitrogen and oxygen atoms in total. The van der Waals surface area contributed by atoms with Crippen LogP contribution in [0, 0.1) is 5.92 Å². The summed E-state index contributed by atoms with van der Waals surface area (Å²) in [5.74, 6) is 2.61. The number of nitrogens with one attached hydrogen (secondary N) is 1. The molecule has 0 aromatic heterocycles. The Hall–Kier alpha value is -1.49. The fraction of sp³-hybridized carbons (Fsp3) is 0.556. The minimum absolute atomic E-state index is 0.00608. The Kier molecular flexibility index (Phi) is 5.60. The summed E-state index contributed by atoms with van der Waals surface area (Å²) in [5, 5.41) is 3.11. The van der Waals surface area contributed by atoms with Crippen LogP contribution >= 0.6 is 11.8 Å². The van der Waals surface area contributed by atoms with Gasteiger partial charge in [0.1, 0.15) is 0 Å². The zero-order valence-electron chi connectivity index (χ0n) is 13.4. The average Bonchev–Trinajstić information content (AvgIpc) is 2.63. The highest BCUT2D eigenvalue weighted by Gasteiger charge is 2.30. The Bertz CT molecular complexity index is 535. The van der Waals surface area contributed by atoms with Gasteiger partial charge in [0.25, 0.3) is 5.91 Å². The maximum absolute atomic E-state index is 12.5. The lowest BCUT2D eigenvalue weighted by Gasteiger charge is -2.34. The zero-order valence-corrected chi connectivity index (χ0v) is 14.2. The van der Waals surface area contributed by atoms with E-state index in [4.69, 9.17) is 0 Å². The minimum atomic E-state index is -0.00608. The van der Waals surface area contributed by atoms with E-state index in [0.29, 0.717) is 11.5 Å². The van der Waals surface area contributed by atoms with Gasteiger partial charge in [0, 0.05) is 42.1 Å². The number of amides is 2. The summed E-state index contributed by atoms with van der Waals surface area (Å²) in [6.45, 7) is 1.79. The Morgan fingerprint density at radius 3 is 2.30 bits per heavy atom. The van der Waals surface area contributed by atoms with Gasteiger partial charge in [-0.1, -0.05) is 18.2 Å². The topological polar surface area (TPSA) is 49.4 Å². The van der Waals surface area contributed by atoms with Crippen molar-refractivity contribution in [2.24, 2.45) is 5.92 Å². The summed E-state index contributed by atoms with van der Waals surface area (Å²) >= 11 is 1.93. The highest BCUT2D eigenvalue weighted by molar-refractivity contribution is 7.99. The molecule has 2 amide bonds. The van der Waals surface area contributed by atoms with Crippen LogP contribution in [0.2, 0.25) is 0 Å². The van der Waals surface area contributed by atoms with Gasteiger partial charge in [-0.3, -0.25) is 9.59 Å². The molecule has 23 heavy (non-hydrogen) atoms. The second-order valence-electron chi connectivity index (χ2n) is 6.33. The standard InChI is InChI=1S/C18H24N2O2S/c21-17(14-4-2-1-3-5-14)19-16-8-6-15(7-9-16)18(22)20-10-12-23-13-11-20/h1-5,15-16H,6-13H2,(H,19,21). The first-order valence-electron chi connectivity index (χ1n) is 8.46. The summed E-state index contributed by atoms with van der Waals surface area (Å²) in [6.07, 6.45) is 3.58. The third kappa shape index (κ3) is 4.28. The van der Waals surface area contributed by atoms with E-state index in [9.17, 15) is 9.59 Å². The van der Waals surface area contributed by atoms with E-state index in [1.807, 2.05) is 47.0 Å². The maximum atomic E-state index is 12.5. The van der Waals surface area contributed by atoms with Crippen LogP contribution in [-0.4, -0.2) is 47.4 Å². The van der Waals surface area contributed by atoms with Gasteiger partial charge in [-0.05, 0) is 37.8 Å². The zero-order chi connectivity index (χ0) is 16.1. The largest absolute Gasteiger partial charge is 0.349 e. The van der Waals surface area contributed by atoms with E-state index in [-0.39, 0.29) is 17.9 Å². The molecule has 1 aromatic rings. The highest BCUT2D eigenvalue weighted by Crippen LogP contribution is 2.27. The second kappa shape index (κ2) is 7.86. The lowest BCUT2D eigenvalue weighted by molar-refractivity contribution is -0.136. The van der Waals surface area contributed by atoms with Gasteiger partial charge in [0.15, 0.2) is 0 Å². The van der Waals surface area contributed by atoms with Crippen LogP contribution in [0.5, 0.6) is 0 Å². The average molecular weight is 332 g/mol. The van der Waals surface area contributed by atoms with Crippen molar-refractivity contribution in [1.29, 1.82) is 0 Å². The van der Waals surface area contributed by atoms with E-state index in [1.165, 1.54) is 0 Å². The number of nitrogens with zero attached hydrogens (tertiary/aromatic N) is 1. The third-order valence-corrected chi connectivity index (χ3v) is 5.71. The van der Waals surface area contributed by atoms with Crippen LogP contribution in [0.25, 0.3) is 0 Å². The monoisotopic (exact) mass is 332 g/mol. The van der Waals surface area contributed by atoms with Gasteiger partial charge in [0.05, 0.1) is 0 Å². The number of rotatable bonds is 3. The highest BCUT2D eigenvalue weighted by atomic mass is 32.2. The molecule has 5 heteroatoms. The van der Waals surface area contributed by atoms with Crippen molar-refractivity contribution >= 4 is 23.6 Å². The van der Waals surface area contributed by atoms with Crippen molar-refractivity contribution in [2.45, 2.75) is 31.7 Å². The molecule has 2 fully saturated rings. The Morgan fingerprint density at radius 1 is 1.00 bits per heavy atom. The number of hydrogen-bond acceptors (Lipinski definition) is 3. The van der Waals surface area contributed by atoms with Crippen molar-refractivity contribution in [3.63, 3.8) is 0 Å². The van der Waals surface area contributed by atoms with Gasteiger partial charge >= 0.3 is 0 Å². The molecule has 124 valence electrons. The SMILES string of the molecule is O=C(NC1CCC(C(=O)N2CCSCC2)CC1)c1ccccc1. The van der Waals surface area contributed by atoms with E-state index in [1.54, 1.807) is 0 Å². The third-order valence-electron chi connectivity index (χ3n) is 4.77. The fourth-order valence-corrected chi connectivity index (χ4v) is 4.29. The molecule has 1 saturated carbocycles. The Balaban J connectivity index is 1.46. The molecule has 1 heterocycles. The molecule has 2 aliphatic rings. The molecule has 0 atom stereocenters. The molecule has 0 spiro atoms. The molecule has 1 N–H and O–H groups in total. The van der Waals surface area contributed by atoms with Gasteiger partial charge in [0.2, 0.25) is 5.91 Å². The van der Waals surface area contributed by atoms with Crippen molar-refractivity contribution < 1.29 is 9.59 Å². The normalized spacial score (nSPS) is 25.0. The maximum Gasteiger partial charge on any atom is 0.251 e. The van der Waals surface area contributed by atoms with Gasteiger partial charge in [-0.15, -0.1) is 0 Å². The van der Waals surface area contributed by atoms with Crippen molar-refractivity contribution in [2.75, 3.05) is 24.6 Å². The van der Waals surface area contributed by atoms with Crippen LogP contribution in [-0.2, 0) is 4.79 Å². The molecule has 0 unspecified atom stereocenters.